The van der Waals surface area contributed by atoms with Crippen molar-refractivity contribution in [2.24, 2.45) is 9.98 Å². The van der Waals surface area contributed by atoms with Gasteiger partial charge in [0.15, 0.2) is 5.78 Å². The van der Waals surface area contributed by atoms with Gasteiger partial charge in [-0.2, -0.15) is 5.26 Å². The Labute approximate surface area is 857 Å². The molecule has 2 aliphatic rings. The van der Waals surface area contributed by atoms with Crippen LogP contribution in [0.15, 0.2) is 245 Å². The predicted molar refractivity (Wildman–Crippen MR) is 569 cm³/mol. The van der Waals surface area contributed by atoms with Crippen LogP contribution >= 0.6 is 79.6 Å². The normalized spacial score (nSPS) is 11.6. The molecule has 23 heteroatoms. The van der Waals surface area contributed by atoms with Crippen molar-refractivity contribution in [3.8, 4) is 39.4 Å². The van der Waals surface area contributed by atoms with Gasteiger partial charge in [0.1, 0.15) is 65.6 Å². The minimum absolute atomic E-state index is 0.00909. The van der Waals surface area contributed by atoms with E-state index in [1.165, 1.54) is 55.0 Å². The van der Waals surface area contributed by atoms with E-state index in [9.17, 15) is 59.6 Å². The molecule has 13 aromatic carbocycles. The van der Waals surface area contributed by atoms with E-state index in [-0.39, 0.29) is 87.6 Å². The number of nitriles is 1. The van der Waals surface area contributed by atoms with Gasteiger partial charge in [-0.25, -0.2) is 49.5 Å². The number of hydrogen-bond acceptors (Lipinski definition) is 9. The van der Waals surface area contributed by atoms with Gasteiger partial charge in [0.2, 0.25) is 11.8 Å². The highest BCUT2D eigenvalue weighted by molar-refractivity contribution is 9.11. The van der Waals surface area contributed by atoms with Gasteiger partial charge in [-0.1, -0.05) is 214 Å². The van der Waals surface area contributed by atoms with E-state index in [1.54, 1.807) is 70.2 Å². The molecule has 2 heterocycles. The standard InChI is InChI=1S/C20H22FNO.2C18H21FO.C10H12BrFO.C10H12BrF.C10H11NO.C9H8BrFO.C8H7N.C7H6BrF.C6H3BrF2/c1-12(2)16-11-17(14(4)10-19(16)21)15-6-5-13(3)9-18(15)20-22-7-8-23-20;2*1-11(2)16-9-17(13(4)8-18(16)19)15-6-5-12(3)7-14(15)10-20;1-6-4-9(12)7(5-8(6)11)10(2,3)13;1-6(2)8-5-9(11)7(3)4-10(8)12;1-8-3-2-4-9(7-8)10-11-5-6-12-10;1-5-3-9(11)7(6(2)12)4-8(5)10;1-7-3-2-4-8(5-7)6-9;1-5-4-6(9)2-3-7(5)8;7-5-2-1-4(8)3-6(5)9/h5-6,9-12H,7-8H2,1-4H3;2*5-9,11,20H,10H2,1-4H3;4-5,13H,1-3H3;4-6H,1-3H3;2-4,7H,5-6H2,1H3;3-4H,1-2H3;2-5H,1H3;2-4H,1H3;1-3H. The SMILES string of the molecule is CC(=O)c1cc(Br)c(C)cc1F.Cc1cc(F)c(C(C)(C)O)cc1Br.Cc1cc(F)c(C(C)C)cc1Br.Cc1cc(F)ccc1Br.Cc1ccc(-c2cc(C(C)C)c(F)cc2C)c(C2=NCCO2)c1.Cc1ccc(-c2cc(C(C)C)c(F)cc2C)c(CO)c1.Cc1ccc(-c2cc(C(C)C)c(F)cc2C)c(CO)c1.Cc1cccc(C#N)c1.Cc1cccc(C2=NCCO2)c1.Fc1ccc(Br)c(F)c1. The number of aliphatic hydroxyl groups excluding tert-OH is 2. The molecule has 13 aromatic rings. The lowest BCUT2D eigenvalue weighted by molar-refractivity contribution is 0.0744. The minimum Gasteiger partial charge on any atom is -0.476 e. The summed E-state index contributed by atoms with van der Waals surface area (Å²) in [6, 6.07) is 63.9. The molecule has 3 N–H and O–H groups in total. The number of hydrogen-bond donors (Lipinski definition) is 3. The number of Topliss-reactive ketones (excluding diaryl/α,β-unsaturated/α-hetero) is 1. The molecule has 0 unspecified atom stereocenters. The van der Waals surface area contributed by atoms with Crippen LogP contribution in [0.4, 0.5) is 39.5 Å². The number of nitrogens with zero attached hydrogens (tertiary/aromatic N) is 3. The molecule has 0 aromatic heterocycles. The van der Waals surface area contributed by atoms with E-state index in [2.05, 4.69) is 140 Å². The number of ether oxygens (including phenoxy) is 2. The van der Waals surface area contributed by atoms with Crippen LogP contribution in [0, 0.1) is 147 Å². The number of rotatable bonds is 13. The van der Waals surface area contributed by atoms with Crippen molar-refractivity contribution in [2.75, 3.05) is 26.3 Å². The number of aliphatic hydroxyl groups is 3. The first-order valence-corrected chi connectivity index (χ1v) is 49.2. The Morgan fingerprint density at radius 2 is 0.734 bits per heavy atom. The number of aliphatic imine (C=N–C) groups is 2. The molecule has 0 fully saturated rings. The van der Waals surface area contributed by atoms with Crippen molar-refractivity contribution >= 4 is 97.2 Å². The third-order valence-electron chi connectivity index (χ3n) is 22.1. The van der Waals surface area contributed by atoms with Crippen LogP contribution in [0.3, 0.4) is 0 Å². The first-order chi connectivity index (χ1) is 65.3. The summed E-state index contributed by atoms with van der Waals surface area (Å²) >= 11 is 16.1. The maximum Gasteiger partial charge on any atom is 0.216 e. The Morgan fingerprint density at radius 3 is 1.12 bits per heavy atom. The molecule has 0 aliphatic carbocycles. The Bertz CT molecular complexity index is 6360. The van der Waals surface area contributed by atoms with Crippen LogP contribution in [-0.4, -0.2) is 59.2 Å². The van der Waals surface area contributed by atoms with Crippen LogP contribution in [-0.2, 0) is 28.3 Å². The zero-order chi connectivity index (χ0) is 104. The van der Waals surface area contributed by atoms with Gasteiger partial charge in [0.05, 0.1) is 53.6 Å². The summed E-state index contributed by atoms with van der Waals surface area (Å²) in [6.45, 7) is 46.4. The zero-order valence-corrected chi connectivity index (χ0v) is 90.9. The van der Waals surface area contributed by atoms with Gasteiger partial charge in [0.25, 0.3) is 0 Å². The van der Waals surface area contributed by atoms with E-state index < -0.39 is 23.1 Å². The van der Waals surface area contributed by atoms with Crippen LogP contribution in [0.25, 0.3) is 33.4 Å². The van der Waals surface area contributed by atoms with Crippen LogP contribution in [0.5, 0.6) is 0 Å². The second-order valence-corrected chi connectivity index (χ2v) is 39.9. The average Bonchev–Trinajstić information content (AvgIpc) is 1.76. The summed E-state index contributed by atoms with van der Waals surface area (Å²) < 4.78 is 133. The van der Waals surface area contributed by atoms with Crippen molar-refractivity contribution in [2.45, 2.75) is 202 Å². The molecule has 0 atom stereocenters. The molecule has 0 spiro atoms. The molecular formula is C116H123Br5F9N3O6. The number of ketones is 1. The third kappa shape index (κ3) is 36.0. The molecule has 139 heavy (non-hydrogen) atoms. The molecule has 15 rings (SSSR count). The average molecular weight is 2230 g/mol. The molecule has 736 valence electrons. The Kier molecular flexibility index (Phi) is 47.0. The lowest BCUT2D eigenvalue weighted by Gasteiger charge is -2.19. The largest absolute Gasteiger partial charge is 0.476 e. The molecule has 0 bridgehead atoms. The number of aryl methyl sites for hydroxylation is 12. The number of halogens is 14. The fourth-order valence-corrected chi connectivity index (χ4v) is 15.8. The fourth-order valence-electron chi connectivity index (χ4n) is 14.3. The van der Waals surface area contributed by atoms with Gasteiger partial charge >= 0.3 is 0 Å². The maximum absolute atomic E-state index is 14.2. The lowest BCUT2D eigenvalue weighted by atomic mass is 9.90. The molecular weight excluding hydrogens is 2100 g/mol. The van der Waals surface area contributed by atoms with Gasteiger partial charge in [-0.05, 0) is 388 Å². The Morgan fingerprint density at radius 1 is 0.367 bits per heavy atom. The van der Waals surface area contributed by atoms with Crippen molar-refractivity contribution in [1.29, 1.82) is 5.26 Å². The smallest absolute Gasteiger partial charge is 0.216 e. The van der Waals surface area contributed by atoms with Crippen LogP contribution in [0.2, 0.25) is 0 Å². The first-order valence-electron chi connectivity index (χ1n) is 45.2. The number of benzene rings is 13. The van der Waals surface area contributed by atoms with Crippen molar-refractivity contribution in [3.05, 3.63) is 415 Å². The summed E-state index contributed by atoms with van der Waals surface area (Å²) in [7, 11) is 0. The van der Waals surface area contributed by atoms with Crippen LogP contribution in [0.1, 0.15) is 233 Å². The monoisotopic (exact) mass is 2220 g/mol. The highest BCUT2D eigenvalue weighted by Gasteiger charge is 2.24. The van der Waals surface area contributed by atoms with Gasteiger partial charge in [-0.15, -0.1) is 0 Å². The summed E-state index contributed by atoms with van der Waals surface area (Å²) in [6.07, 6.45) is 0. The highest BCUT2D eigenvalue weighted by atomic mass is 79.9. The second kappa shape index (κ2) is 55.7. The number of carbonyl (C=O) groups excluding carboxylic acids is 1. The van der Waals surface area contributed by atoms with Gasteiger partial charge in [0, 0.05) is 40.6 Å². The molecule has 0 amide bonds. The molecule has 2 aliphatic heterocycles. The summed E-state index contributed by atoms with van der Waals surface area (Å²) in [5.74, 6) is -0.809. The zero-order valence-electron chi connectivity index (χ0n) is 83.0. The van der Waals surface area contributed by atoms with E-state index in [0.29, 0.717) is 24.6 Å². The third-order valence-corrected chi connectivity index (χ3v) is 26.2. The minimum atomic E-state index is -1.14. The van der Waals surface area contributed by atoms with E-state index in [1.807, 2.05) is 202 Å². The predicted octanol–water partition coefficient (Wildman–Crippen LogP) is 34.0. The van der Waals surface area contributed by atoms with Gasteiger partial charge in [-0.3, -0.25) is 4.79 Å². The summed E-state index contributed by atoms with van der Waals surface area (Å²) in [5.41, 5.74) is 24.8. The topological polar surface area (TPSA) is 145 Å². The first kappa shape index (κ1) is 117. The van der Waals surface area contributed by atoms with Crippen molar-refractivity contribution in [1.82, 2.24) is 0 Å². The van der Waals surface area contributed by atoms with Crippen molar-refractivity contribution < 1.29 is 69.1 Å². The lowest BCUT2D eigenvalue weighted by Crippen LogP contribution is -2.17. The van der Waals surface area contributed by atoms with E-state index in [0.717, 1.165) is 188 Å². The van der Waals surface area contributed by atoms with Crippen molar-refractivity contribution in [3.63, 3.8) is 0 Å². The van der Waals surface area contributed by atoms with E-state index in [4.69, 9.17) is 14.7 Å². The Balaban J connectivity index is 0.000000241. The maximum atomic E-state index is 14.2. The molecule has 0 saturated heterocycles. The summed E-state index contributed by atoms with van der Waals surface area (Å²) in [4.78, 5) is 19.6. The highest BCUT2D eigenvalue weighted by Crippen LogP contribution is 2.38. The number of carbonyl (C=O) groups is 1. The quantitative estimate of drug-likeness (QED) is 0.0592. The van der Waals surface area contributed by atoms with E-state index >= 15 is 0 Å². The van der Waals surface area contributed by atoms with Crippen LogP contribution < -0.4 is 0 Å². The fraction of sp³-hybridized carbons (Fsp3) is 0.293. The molecule has 9 nitrogen and oxygen atoms in total. The Hall–Kier alpha value is -10.4. The van der Waals surface area contributed by atoms with Gasteiger partial charge < -0.3 is 24.8 Å². The molecule has 0 saturated carbocycles. The second-order valence-electron chi connectivity index (χ2n) is 35.6. The molecule has 0 radical (unpaired) electrons. The summed E-state index contributed by atoms with van der Waals surface area (Å²) in [5, 5.41) is 37.1.